The van der Waals surface area contributed by atoms with Crippen LogP contribution in [0.3, 0.4) is 0 Å². The molecule has 0 aliphatic rings. The fourth-order valence-corrected chi connectivity index (χ4v) is 1.39. The summed E-state index contributed by atoms with van der Waals surface area (Å²) < 4.78 is 0. The van der Waals surface area contributed by atoms with Gasteiger partial charge in [0.25, 0.3) is 0 Å². The zero-order valence-electron chi connectivity index (χ0n) is 6.60. The molecule has 0 fully saturated rings. The Morgan fingerprint density at radius 3 is 2.54 bits per heavy atom. The van der Waals surface area contributed by atoms with E-state index >= 15 is 0 Å². The van der Waals surface area contributed by atoms with Gasteiger partial charge in [0.05, 0.1) is 5.75 Å². The van der Waals surface area contributed by atoms with Crippen LogP contribution in [0.25, 0.3) is 0 Å². The molecule has 0 aliphatic heterocycles. The van der Waals surface area contributed by atoms with Crippen LogP contribution in [0.4, 0.5) is 0 Å². The predicted molar refractivity (Wildman–Crippen MR) is 48.1 cm³/mol. The molecule has 0 amide bonds. The van der Waals surface area contributed by atoms with E-state index in [1.165, 1.54) is 12.1 Å². The third kappa shape index (κ3) is 2.87. The molecule has 0 saturated carbocycles. The van der Waals surface area contributed by atoms with E-state index in [0.29, 0.717) is 4.90 Å². The van der Waals surface area contributed by atoms with Crippen molar-refractivity contribution >= 4 is 17.7 Å². The summed E-state index contributed by atoms with van der Waals surface area (Å²) in [5.41, 5.74) is 0. The SMILES string of the molecule is O=C(O)CSc1ccc(O)c(O)c1. The number of aliphatic carboxylic acids is 1. The Labute approximate surface area is 78.8 Å². The van der Waals surface area contributed by atoms with Gasteiger partial charge in [-0.3, -0.25) is 4.79 Å². The van der Waals surface area contributed by atoms with Gasteiger partial charge in [-0.1, -0.05) is 0 Å². The van der Waals surface area contributed by atoms with Crippen LogP contribution in [0.2, 0.25) is 0 Å². The van der Waals surface area contributed by atoms with Crippen molar-refractivity contribution in [2.75, 3.05) is 5.75 Å². The van der Waals surface area contributed by atoms with Gasteiger partial charge >= 0.3 is 5.97 Å². The summed E-state index contributed by atoms with van der Waals surface area (Å²) >= 11 is 1.08. The zero-order valence-corrected chi connectivity index (χ0v) is 7.41. The number of benzene rings is 1. The first-order chi connectivity index (χ1) is 6.09. The van der Waals surface area contributed by atoms with Crippen molar-refractivity contribution in [2.45, 2.75) is 4.90 Å². The van der Waals surface area contributed by atoms with Gasteiger partial charge in [-0.25, -0.2) is 0 Å². The lowest BCUT2D eigenvalue weighted by Crippen LogP contribution is -1.97. The lowest BCUT2D eigenvalue weighted by atomic mass is 10.3. The molecule has 0 unspecified atom stereocenters. The van der Waals surface area contributed by atoms with Crippen molar-refractivity contribution in [3.8, 4) is 11.5 Å². The Morgan fingerprint density at radius 2 is 2.00 bits per heavy atom. The molecule has 1 rings (SSSR count). The van der Waals surface area contributed by atoms with Gasteiger partial charge in [-0.05, 0) is 18.2 Å². The maximum absolute atomic E-state index is 10.2. The van der Waals surface area contributed by atoms with Crippen LogP contribution in [0.5, 0.6) is 11.5 Å². The molecule has 0 saturated heterocycles. The van der Waals surface area contributed by atoms with Gasteiger partial charge < -0.3 is 15.3 Å². The molecule has 13 heavy (non-hydrogen) atoms. The predicted octanol–water partition coefficient (Wildman–Crippen LogP) is 1.27. The molecule has 5 heteroatoms. The van der Waals surface area contributed by atoms with Crippen LogP contribution in [-0.4, -0.2) is 27.0 Å². The van der Waals surface area contributed by atoms with Gasteiger partial charge in [-0.2, -0.15) is 0 Å². The van der Waals surface area contributed by atoms with E-state index in [4.69, 9.17) is 15.3 Å². The number of aromatic hydroxyl groups is 2. The minimum Gasteiger partial charge on any atom is -0.504 e. The second-order valence-corrected chi connectivity index (χ2v) is 3.38. The van der Waals surface area contributed by atoms with Gasteiger partial charge in [0.1, 0.15) is 0 Å². The quantitative estimate of drug-likeness (QED) is 0.506. The summed E-state index contributed by atoms with van der Waals surface area (Å²) in [6, 6.07) is 4.19. The van der Waals surface area contributed by atoms with Crippen LogP contribution in [0, 0.1) is 0 Å². The second kappa shape index (κ2) is 4.04. The molecule has 0 aliphatic carbocycles. The number of carbonyl (C=O) groups is 1. The second-order valence-electron chi connectivity index (χ2n) is 2.33. The average Bonchev–Trinajstić information content (AvgIpc) is 2.07. The summed E-state index contributed by atoms with van der Waals surface area (Å²) in [6.45, 7) is 0. The van der Waals surface area contributed by atoms with E-state index in [2.05, 4.69) is 0 Å². The van der Waals surface area contributed by atoms with Crippen LogP contribution >= 0.6 is 11.8 Å². The molecule has 1 aromatic carbocycles. The van der Waals surface area contributed by atoms with Crippen LogP contribution < -0.4 is 0 Å². The summed E-state index contributed by atoms with van der Waals surface area (Å²) in [4.78, 5) is 10.8. The van der Waals surface area contributed by atoms with Crippen molar-refractivity contribution in [1.82, 2.24) is 0 Å². The van der Waals surface area contributed by atoms with E-state index in [1.54, 1.807) is 6.07 Å². The number of rotatable bonds is 3. The molecular formula is C8H8O4S. The average molecular weight is 200 g/mol. The Balaban J connectivity index is 2.68. The smallest absolute Gasteiger partial charge is 0.313 e. The monoisotopic (exact) mass is 200 g/mol. The molecule has 0 heterocycles. The molecule has 0 spiro atoms. The number of hydrogen-bond acceptors (Lipinski definition) is 4. The number of thioether (sulfide) groups is 1. The van der Waals surface area contributed by atoms with Gasteiger partial charge in [-0.15, -0.1) is 11.8 Å². The maximum Gasteiger partial charge on any atom is 0.313 e. The minimum atomic E-state index is -0.919. The third-order valence-corrected chi connectivity index (χ3v) is 2.29. The van der Waals surface area contributed by atoms with Gasteiger partial charge in [0, 0.05) is 4.90 Å². The first-order valence-electron chi connectivity index (χ1n) is 3.46. The normalized spacial score (nSPS) is 9.85. The molecule has 0 radical (unpaired) electrons. The molecule has 0 bridgehead atoms. The first-order valence-corrected chi connectivity index (χ1v) is 4.44. The van der Waals surface area contributed by atoms with E-state index in [9.17, 15) is 4.79 Å². The summed E-state index contributed by atoms with van der Waals surface area (Å²) in [5, 5.41) is 26.4. The van der Waals surface area contributed by atoms with Crippen LogP contribution in [0.15, 0.2) is 23.1 Å². The minimum absolute atomic E-state index is 0.0653. The highest BCUT2D eigenvalue weighted by Gasteiger charge is 2.03. The molecule has 3 N–H and O–H groups in total. The highest BCUT2D eigenvalue weighted by molar-refractivity contribution is 8.00. The van der Waals surface area contributed by atoms with E-state index in [0.717, 1.165) is 11.8 Å². The van der Waals surface area contributed by atoms with Gasteiger partial charge in [0.15, 0.2) is 11.5 Å². The largest absolute Gasteiger partial charge is 0.504 e. The molecule has 70 valence electrons. The molecule has 4 nitrogen and oxygen atoms in total. The Kier molecular flexibility index (Phi) is 3.02. The molecule has 0 aromatic heterocycles. The summed E-state index contributed by atoms with van der Waals surface area (Å²) in [5.74, 6) is -1.43. The Morgan fingerprint density at radius 1 is 1.31 bits per heavy atom. The van der Waals surface area contributed by atoms with E-state index in [1.807, 2.05) is 0 Å². The first kappa shape index (κ1) is 9.73. The number of hydrogen-bond donors (Lipinski definition) is 3. The highest BCUT2D eigenvalue weighted by Crippen LogP contribution is 2.29. The van der Waals surface area contributed by atoms with Crippen molar-refractivity contribution in [1.29, 1.82) is 0 Å². The van der Waals surface area contributed by atoms with Crippen LogP contribution in [-0.2, 0) is 4.79 Å². The lowest BCUT2D eigenvalue weighted by Gasteiger charge is -2.00. The number of phenolic OH excluding ortho intramolecular Hbond substituents is 2. The maximum atomic E-state index is 10.2. The number of carboxylic acids is 1. The lowest BCUT2D eigenvalue weighted by molar-refractivity contribution is -0.133. The van der Waals surface area contributed by atoms with E-state index in [-0.39, 0.29) is 17.3 Å². The number of phenols is 2. The van der Waals surface area contributed by atoms with Crippen molar-refractivity contribution in [2.24, 2.45) is 0 Å². The summed E-state index contributed by atoms with van der Waals surface area (Å²) in [6.07, 6.45) is 0. The molecule has 0 atom stereocenters. The van der Waals surface area contributed by atoms with Crippen molar-refractivity contribution < 1.29 is 20.1 Å². The Bertz CT molecular complexity index is 324. The Hall–Kier alpha value is -1.36. The van der Waals surface area contributed by atoms with Crippen LogP contribution in [0.1, 0.15) is 0 Å². The molecular weight excluding hydrogens is 192 g/mol. The fraction of sp³-hybridized carbons (Fsp3) is 0.125. The van der Waals surface area contributed by atoms with Gasteiger partial charge in [0.2, 0.25) is 0 Å². The molecule has 1 aromatic rings. The van der Waals surface area contributed by atoms with Crippen molar-refractivity contribution in [3.05, 3.63) is 18.2 Å². The fourth-order valence-electron chi connectivity index (χ4n) is 0.738. The highest BCUT2D eigenvalue weighted by atomic mass is 32.2. The zero-order chi connectivity index (χ0) is 9.84. The third-order valence-electron chi connectivity index (χ3n) is 1.31. The standard InChI is InChI=1S/C8H8O4S/c9-6-2-1-5(3-7(6)10)13-4-8(11)12/h1-3,9-10H,4H2,(H,11,12). The topological polar surface area (TPSA) is 77.8 Å². The summed E-state index contributed by atoms with van der Waals surface area (Å²) in [7, 11) is 0. The van der Waals surface area contributed by atoms with E-state index < -0.39 is 5.97 Å². The van der Waals surface area contributed by atoms with Crippen molar-refractivity contribution in [3.63, 3.8) is 0 Å². The number of carboxylic acid groups (broad SMARTS) is 1.